The Morgan fingerprint density at radius 3 is 2.60 bits per heavy atom. The zero-order valence-corrected chi connectivity index (χ0v) is 13.5. The van der Waals surface area contributed by atoms with Gasteiger partial charge in [0.25, 0.3) is 0 Å². The molecule has 6 heteroatoms. The third-order valence-electron chi connectivity index (χ3n) is 3.26. The fraction of sp³-hybridized carbons (Fsp3) is 0.429. The second kappa shape index (κ2) is 7.69. The molecule has 4 nitrogen and oxygen atoms in total. The molecule has 0 N–H and O–H groups in total. The lowest BCUT2D eigenvalue weighted by atomic mass is 10.2. The topological polar surface area (TPSA) is 40.6 Å². The molecule has 0 radical (unpaired) electrons. The molecule has 1 aliphatic rings. The van der Waals surface area contributed by atoms with Crippen LogP contribution in [0.3, 0.4) is 0 Å². The van der Waals surface area contributed by atoms with E-state index in [4.69, 9.17) is 0 Å². The first-order valence-corrected chi connectivity index (χ1v) is 8.44. The smallest absolute Gasteiger partial charge is 0.232 e. The number of thioether (sulfide) groups is 1. The van der Waals surface area contributed by atoms with E-state index in [1.54, 1.807) is 16.7 Å². The van der Waals surface area contributed by atoms with Gasteiger partial charge in [0.05, 0.1) is 5.75 Å². The van der Waals surface area contributed by atoms with Crippen LogP contribution < -0.4 is 0 Å². The van der Waals surface area contributed by atoms with Crippen molar-refractivity contribution in [2.45, 2.75) is 5.75 Å². The number of nitrogens with zero attached hydrogens (tertiary/aromatic N) is 2. The summed E-state index contributed by atoms with van der Waals surface area (Å²) in [6.45, 7) is 2.58. The van der Waals surface area contributed by atoms with Gasteiger partial charge in [-0.05, 0) is 11.6 Å². The second-order valence-electron chi connectivity index (χ2n) is 4.61. The largest absolute Gasteiger partial charge is 0.342 e. The van der Waals surface area contributed by atoms with Gasteiger partial charge in [-0.15, -0.1) is 11.8 Å². The van der Waals surface area contributed by atoms with Crippen molar-refractivity contribution >= 4 is 40.0 Å². The Labute approximate surface area is 131 Å². The lowest BCUT2D eigenvalue weighted by molar-refractivity contribution is -0.132. The molecule has 0 unspecified atom stereocenters. The van der Waals surface area contributed by atoms with E-state index in [1.807, 2.05) is 23.1 Å². The first kappa shape index (κ1) is 15.4. The van der Waals surface area contributed by atoms with E-state index in [1.165, 1.54) is 5.56 Å². The van der Waals surface area contributed by atoms with E-state index in [0.29, 0.717) is 31.9 Å². The van der Waals surface area contributed by atoms with Crippen LogP contribution in [-0.2, 0) is 15.3 Å². The molecule has 0 spiro atoms. The highest BCUT2D eigenvalue weighted by Crippen LogP contribution is 2.21. The van der Waals surface area contributed by atoms with Crippen LogP contribution in [0.15, 0.2) is 28.7 Å². The summed E-state index contributed by atoms with van der Waals surface area (Å²) in [4.78, 5) is 26.2. The number of halogens is 1. The minimum atomic E-state index is 0.160. The molecule has 1 aliphatic heterocycles. The molecule has 0 bridgehead atoms. The highest BCUT2D eigenvalue weighted by Gasteiger charge is 2.19. The number of benzene rings is 1. The monoisotopic (exact) mass is 356 g/mol. The van der Waals surface area contributed by atoms with Crippen LogP contribution in [0.5, 0.6) is 0 Å². The lowest BCUT2D eigenvalue weighted by Crippen LogP contribution is -2.48. The predicted molar refractivity (Wildman–Crippen MR) is 84.5 cm³/mol. The highest BCUT2D eigenvalue weighted by molar-refractivity contribution is 9.10. The fourth-order valence-electron chi connectivity index (χ4n) is 2.03. The Morgan fingerprint density at radius 1 is 1.25 bits per heavy atom. The zero-order chi connectivity index (χ0) is 14.4. The van der Waals surface area contributed by atoms with Gasteiger partial charge in [0, 0.05) is 36.4 Å². The van der Waals surface area contributed by atoms with E-state index >= 15 is 0 Å². The van der Waals surface area contributed by atoms with E-state index in [9.17, 15) is 9.59 Å². The van der Waals surface area contributed by atoms with E-state index < -0.39 is 0 Å². The summed E-state index contributed by atoms with van der Waals surface area (Å²) in [6, 6.07) is 8.05. The van der Waals surface area contributed by atoms with Gasteiger partial charge >= 0.3 is 0 Å². The van der Waals surface area contributed by atoms with Crippen molar-refractivity contribution in [2.24, 2.45) is 0 Å². The van der Waals surface area contributed by atoms with Crippen LogP contribution in [0, 0.1) is 0 Å². The molecule has 1 heterocycles. The van der Waals surface area contributed by atoms with Crippen molar-refractivity contribution in [1.82, 2.24) is 9.80 Å². The normalized spacial score (nSPS) is 15.2. The fourth-order valence-corrected chi connectivity index (χ4v) is 3.57. The number of carbonyl (C=O) groups excluding carboxylic acids is 2. The molecule has 0 aliphatic carbocycles. The average Bonchev–Trinajstić information content (AvgIpc) is 2.49. The quantitative estimate of drug-likeness (QED) is 0.757. The summed E-state index contributed by atoms with van der Waals surface area (Å²) in [5.74, 6) is 1.47. The molecule has 108 valence electrons. The number of rotatable bonds is 5. The van der Waals surface area contributed by atoms with Crippen molar-refractivity contribution in [3.8, 4) is 0 Å². The summed E-state index contributed by atoms with van der Waals surface area (Å²) in [7, 11) is 0. The van der Waals surface area contributed by atoms with E-state index in [0.717, 1.165) is 16.6 Å². The Bertz CT molecular complexity index is 476. The number of carbonyl (C=O) groups is 2. The minimum absolute atomic E-state index is 0.160. The predicted octanol–water partition coefficient (Wildman–Crippen LogP) is 1.98. The van der Waals surface area contributed by atoms with Crippen molar-refractivity contribution in [3.63, 3.8) is 0 Å². The Morgan fingerprint density at radius 2 is 1.95 bits per heavy atom. The summed E-state index contributed by atoms with van der Waals surface area (Å²) >= 11 is 5.13. The van der Waals surface area contributed by atoms with Crippen LogP contribution in [0.2, 0.25) is 0 Å². The third-order valence-corrected chi connectivity index (χ3v) is 5.00. The SMILES string of the molecule is O=CN1CCN(C(=O)CSCc2ccccc2Br)CC1. The highest BCUT2D eigenvalue weighted by atomic mass is 79.9. The number of hydrogen-bond acceptors (Lipinski definition) is 3. The van der Waals surface area contributed by atoms with Gasteiger partial charge in [0.1, 0.15) is 0 Å². The minimum Gasteiger partial charge on any atom is -0.342 e. The summed E-state index contributed by atoms with van der Waals surface area (Å²) in [5.41, 5.74) is 1.20. The van der Waals surface area contributed by atoms with Crippen molar-refractivity contribution in [2.75, 3.05) is 31.9 Å². The number of amides is 2. The number of piperazine rings is 1. The molecule has 0 aromatic heterocycles. The van der Waals surface area contributed by atoms with Gasteiger partial charge in [-0.1, -0.05) is 34.1 Å². The second-order valence-corrected chi connectivity index (χ2v) is 6.45. The molecule has 2 amide bonds. The molecule has 2 rings (SSSR count). The molecule has 0 saturated carbocycles. The standard InChI is InChI=1S/C14H17BrN2O2S/c15-13-4-2-1-3-12(13)9-20-10-14(19)17-7-5-16(11-18)6-8-17/h1-4,11H,5-10H2. The van der Waals surface area contributed by atoms with Crippen molar-refractivity contribution < 1.29 is 9.59 Å². The average molecular weight is 357 g/mol. The molecule has 20 heavy (non-hydrogen) atoms. The van der Waals surface area contributed by atoms with Crippen molar-refractivity contribution in [1.29, 1.82) is 0 Å². The Balaban J connectivity index is 1.73. The summed E-state index contributed by atoms with van der Waals surface area (Å²) in [5, 5.41) is 0. The molecule has 1 aromatic rings. The molecule has 1 fully saturated rings. The molecule has 0 atom stereocenters. The molecular formula is C14H17BrN2O2S. The maximum absolute atomic E-state index is 12.1. The summed E-state index contributed by atoms with van der Waals surface area (Å²) in [6.07, 6.45) is 0.851. The third kappa shape index (κ3) is 4.24. The maximum Gasteiger partial charge on any atom is 0.232 e. The first-order chi connectivity index (χ1) is 9.70. The zero-order valence-electron chi connectivity index (χ0n) is 11.1. The van der Waals surface area contributed by atoms with Crippen molar-refractivity contribution in [3.05, 3.63) is 34.3 Å². The van der Waals surface area contributed by atoms with Crippen LogP contribution in [0.25, 0.3) is 0 Å². The molecule has 1 aromatic carbocycles. The van der Waals surface area contributed by atoms with Crippen LogP contribution >= 0.6 is 27.7 Å². The molecule has 1 saturated heterocycles. The van der Waals surface area contributed by atoms with Crippen LogP contribution in [0.4, 0.5) is 0 Å². The van der Waals surface area contributed by atoms with Gasteiger partial charge in [-0.2, -0.15) is 0 Å². The molecular weight excluding hydrogens is 340 g/mol. The van der Waals surface area contributed by atoms with E-state index in [-0.39, 0.29) is 5.91 Å². The van der Waals surface area contributed by atoms with E-state index in [2.05, 4.69) is 22.0 Å². The first-order valence-electron chi connectivity index (χ1n) is 6.49. The van der Waals surface area contributed by atoms with Crippen LogP contribution in [0.1, 0.15) is 5.56 Å². The maximum atomic E-state index is 12.1. The van der Waals surface area contributed by atoms with Gasteiger partial charge in [-0.3, -0.25) is 9.59 Å². The van der Waals surface area contributed by atoms with Gasteiger partial charge in [0.15, 0.2) is 0 Å². The van der Waals surface area contributed by atoms with Crippen LogP contribution in [-0.4, -0.2) is 54.0 Å². The Hall–Kier alpha value is -1.01. The summed E-state index contributed by atoms with van der Waals surface area (Å²) < 4.78 is 1.08. The van der Waals surface area contributed by atoms with Gasteiger partial charge < -0.3 is 9.80 Å². The van der Waals surface area contributed by atoms with Gasteiger partial charge in [-0.25, -0.2) is 0 Å². The number of hydrogen-bond donors (Lipinski definition) is 0. The Kier molecular flexibility index (Phi) is 5.91. The van der Waals surface area contributed by atoms with Gasteiger partial charge in [0.2, 0.25) is 12.3 Å². The lowest BCUT2D eigenvalue weighted by Gasteiger charge is -2.32.